The second kappa shape index (κ2) is 10.3. The maximum atomic E-state index is 5.35. The maximum absolute atomic E-state index is 5.35. The van der Waals surface area contributed by atoms with Crippen LogP contribution in [0.1, 0.15) is 45.3 Å². The van der Waals surface area contributed by atoms with Gasteiger partial charge in [0.1, 0.15) is 5.76 Å². The summed E-state index contributed by atoms with van der Waals surface area (Å²) in [5, 5.41) is 6.95. The van der Waals surface area contributed by atoms with Crippen molar-refractivity contribution < 1.29 is 4.42 Å². The van der Waals surface area contributed by atoms with Gasteiger partial charge in [-0.15, -0.1) is 0 Å². The lowest BCUT2D eigenvalue weighted by molar-refractivity contribution is 0.203. The second-order valence-corrected chi connectivity index (χ2v) is 6.20. The first-order valence-corrected chi connectivity index (χ1v) is 9.11. The lowest BCUT2D eigenvalue weighted by Crippen LogP contribution is -2.48. The van der Waals surface area contributed by atoms with E-state index < -0.39 is 0 Å². The van der Waals surface area contributed by atoms with E-state index in [1.807, 2.05) is 12.1 Å². The van der Waals surface area contributed by atoms with Gasteiger partial charge in [-0.25, -0.2) is 0 Å². The molecule has 0 bridgehead atoms. The Morgan fingerprint density at radius 1 is 1.35 bits per heavy atom. The number of nitrogens with one attached hydrogen (secondary N) is 2. The van der Waals surface area contributed by atoms with Gasteiger partial charge in [0.25, 0.3) is 0 Å². The van der Waals surface area contributed by atoms with Gasteiger partial charge >= 0.3 is 0 Å². The Bertz CT molecular complexity index is 436. The van der Waals surface area contributed by atoms with Crippen LogP contribution >= 0.6 is 0 Å². The average Bonchev–Trinajstić information content (AvgIpc) is 3.08. The van der Waals surface area contributed by atoms with Gasteiger partial charge in [-0.05, 0) is 44.9 Å². The van der Waals surface area contributed by atoms with E-state index in [1.165, 1.54) is 45.3 Å². The van der Waals surface area contributed by atoms with Crippen LogP contribution < -0.4 is 10.6 Å². The maximum Gasteiger partial charge on any atom is 0.191 e. The first-order chi connectivity index (χ1) is 11.3. The molecule has 1 saturated heterocycles. The van der Waals surface area contributed by atoms with E-state index >= 15 is 0 Å². The number of nitrogens with zero attached hydrogens (tertiary/aromatic N) is 2. The molecule has 2 N–H and O–H groups in total. The van der Waals surface area contributed by atoms with E-state index in [0.29, 0.717) is 6.04 Å². The Hall–Kier alpha value is -1.49. The molecule has 1 aliphatic heterocycles. The fraction of sp³-hybridized carbons (Fsp3) is 0.722. The molecule has 1 aliphatic rings. The van der Waals surface area contributed by atoms with Crippen LogP contribution in [0.4, 0.5) is 0 Å². The van der Waals surface area contributed by atoms with Crippen molar-refractivity contribution in [1.29, 1.82) is 0 Å². The Balaban J connectivity index is 1.73. The first kappa shape index (κ1) is 17.9. The van der Waals surface area contributed by atoms with Gasteiger partial charge in [-0.2, -0.15) is 0 Å². The van der Waals surface area contributed by atoms with Gasteiger partial charge in [0.2, 0.25) is 0 Å². The van der Waals surface area contributed by atoms with Gasteiger partial charge in [-0.3, -0.25) is 4.99 Å². The topological polar surface area (TPSA) is 52.8 Å². The minimum Gasteiger partial charge on any atom is -0.469 e. The van der Waals surface area contributed by atoms with Gasteiger partial charge in [0.05, 0.1) is 6.26 Å². The van der Waals surface area contributed by atoms with E-state index in [0.717, 1.165) is 31.2 Å². The summed E-state index contributed by atoms with van der Waals surface area (Å²) < 4.78 is 5.35. The summed E-state index contributed by atoms with van der Waals surface area (Å²) in [6.07, 6.45) is 7.56. The second-order valence-electron chi connectivity index (χ2n) is 6.20. The number of aliphatic imine (C=N–C) groups is 1. The third-order valence-corrected chi connectivity index (χ3v) is 4.31. The van der Waals surface area contributed by atoms with Gasteiger partial charge in [-0.1, -0.05) is 13.3 Å². The Morgan fingerprint density at radius 2 is 2.17 bits per heavy atom. The van der Waals surface area contributed by atoms with Gasteiger partial charge in [0, 0.05) is 38.6 Å². The lowest BCUT2D eigenvalue weighted by atomic mass is 10.0. The van der Waals surface area contributed by atoms with Crippen LogP contribution in [0, 0.1) is 0 Å². The number of likely N-dealkylation sites (tertiary alicyclic amines) is 1. The highest BCUT2D eigenvalue weighted by atomic mass is 16.3. The molecular weight excluding hydrogens is 288 g/mol. The van der Waals surface area contributed by atoms with Crippen LogP contribution in [-0.4, -0.2) is 49.6 Å². The van der Waals surface area contributed by atoms with Crippen LogP contribution in [0.3, 0.4) is 0 Å². The number of rotatable bonds is 8. The van der Waals surface area contributed by atoms with E-state index in [4.69, 9.17) is 4.42 Å². The smallest absolute Gasteiger partial charge is 0.191 e. The van der Waals surface area contributed by atoms with E-state index in [2.05, 4.69) is 34.4 Å². The molecule has 23 heavy (non-hydrogen) atoms. The molecule has 0 radical (unpaired) electrons. The quantitative estimate of drug-likeness (QED) is 0.571. The summed E-state index contributed by atoms with van der Waals surface area (Å²) in [7, 11) is 0. The van der Waals surface area contributed by atoms with Crippen molar-refractivity contribution in [2.45, 2.75) is 52.0 Å². The molecule has 0 aromatic carbocycles. The number of furan rings is 1. The Labute approximate surface area is 140 Å². The molecular formula is C18H32N4O. The molecule has 5 heteroatoms. The van der Waals surface area contributed by atoms with Gasteiger partial charge < -0.3 is 20.0 Å². The first-order valence-electron chi connectivity index (χ1n) is 9.11. The van der Waals surface area contributed by atoms with Crippen molar-refractivity contribution in [2.24, 2.45) is 4.99 Å². The zero-order valence-electron chi connectivity index (χ0n) is 14.7. The summed E-state index contributed by atoms with van der Waals surface area (Å²) >= 11 is 0. The Kier molecular flexibility index (Phi) is 8.01. The number of guanidine groups is 1. The molecule has 5 nitrogen and oxygen atoms in total. The minimum atomic E-state index is 0.536. The average molecular weight is 320 g/mol. The van der Waals surface area contributed by atoms with Crippen molar-refractivity contribution in [3.8, 4) is 0 Å². The molecule has 2 heterocycles. The predicted octanol–water partition coefficient (Wildman–Crippen LogP) is 2.64. The molecule has 0 saturated carbocycles. The third-order valence-electron chi connectivity index (χ3n) is 4.31. The van der Waals surface area contributed by atoms with Crippen molar-refractivity contribution in [3.05, 3.63) is 24.2 Å². The van der Waals surface area contributed by atoms with E-state index in [9.17, 15) is 0 Å². The monoisotopic (exact) mass is 320 g/mol. The van der Waals surface area contributed by atoms with Gasteiger partial charge in [0.15, 0.2) is 5.96 Å². The van der Waals surface area contributed by atoms with E-state index in [1.54, 1.807) is 6.26 Å². The summed E-state index contributed by atoms with van der Waals surface area (Å²) in [6.45, 7) is 9.65. The molecule has 1 aromatic rings. The number of piperidine rings is 1. The lowest BCUT2D eigenvalue weighted by Gasteiger charge is -2.33. The molecule has 0 unspecified atom stereocenters. The number of hydrogen-bond donors (Lipinski definition) is 2. The van der Waals surface area contributed by atoms with Crippen molar-refractivity contribution in [1.82, 2.24) is 15.5 Å². The Morgan fingerprint density at radius 3 is 2.83 bits per heavy atom. The highest BCUT2D eigenvalue weighted by Crippen LogP contribution is 2.11. The third kappa shape index (κ3) is 6.65. The van der Waals surface area contributed by atoms with Crippen LogP contribution in [0.25, 0.3) is 0 Å². The van der Waals surface area contributed by atoms with Crippen LogP contribution in [0.2, 0.25) is 0 Å². The van der Waals surface area contributed by atoms with Crippen LogP contribution in [0.5, 0.6) is 0 Å². The number of hydrogen-bond acceptors (Lipinski definition) is 3. The molecule has 0 amide bonds. The van der Waals surface area contributed by atoms with Crippen molar-refractivity contribution >= 4 is 5.96 Å². The van der Waals surface area contributed by atoms with Crippen molar-refractivity contribution in [2.75, 3.05) is 32.7 Å². The standard InChI is InChI=1S/C18H32N4O/c1-3-5-12-22-13-9-16(10-14-22)21-18(19-4-2)20-11-8-17-7-6-15-23-17/h6-7,15-16H,3-5,8-14H2,1-2H3,(H2,19,20,21). The van der Waals surface area contributed by atoms with Crippen LogP contribution in [-0.2, 0) is 6.42 Å². The fourth-order valence-corrected chi connectivity index (χ4v) is 2.93. The summed E-state index contributed by atoms with van der Waals surface area (Å²) in [6, 6.07) is 4.46. The number of unbranched alkanes of at least 4 members (excludes halogenated alkanes) is 1. The normalized spacial score (nSPS) is 17.4. The SMILES string of the molecule is CCCCN1CCC(NC(=NCCc2ccco2)NCC)CC1. The molecule has 0 atom stereocenters. The molecule has 130 valence electrons. The largest absolute Gasteiger partial charge is 0.469 e. The summed E-state index contributed by atoms with van der Waals surface area (Å²) in [5.74, 6) is 1.93. The molecule has 2 rings (SSSR count). The fourth-order valence-electron chi connectivity index (χ4n) is 2.93. The van der Waals surface area contributed by atoms with E-state index in [-0.39, 0.29) is 0 Å². The molecule has 0 spiro atoms. The highest BCUT2D eigenvalue weighted by molar-refractivity contribution is 5.80. The predicted molar refractivity (Wildman–Crippen MR) is 95.9 cm³/mol. The zero-order valence-corrected chi connectivity index (χ0v) is 14.7. The molecule has 1 fully saturated rings. The van der Waals surface area contributed by atoms with Crippen LogP contribution in [0.15, 0.2) is 27.8 Å². The minimum absolute atomic E-state index is 0.536. The summed E-state index contributed by atoms with van der Waals surface area (Å²) in [4.78, 5) is 7.26. The highest BCUT2D eigenvalue weighted by Gasteiger charge is 2.19. The summed E-state index contributed by atoms with van der Waals surface area (Å²) in [5.41, 5.74) is 0. The molecule has 0 aliphatic carbocycles. The molecule has 1 aromatic heterocycles. The zero-order chi connectivity index (χ0) is 16.3. The van der Waals surface area contributed by atoms with Crippen molar-refractivity contribution in [3.63, 3.8) is 0 Å².